The van der Waals surface area contributed by atoms with E-state index in [0.29, 0.717) is 5.82 Å². The quantitative estimate of drug-likeness (QED) is 0.852. The summed E-state index contributed by atoms with van der Waals surface area (Å²) in [5, 5.41) is 7.17. The molecule has 18 heavy (non-hydrogen) atoms. The van der Waals surface area contributed by atoms with Gasteiger partial charge in [0.05, 0.1) is 6.04 Å². The van der Waals surface area contributed by atoms with Crippen molar-refractivity contribution in [1.82, 2.24) is 15.2 Å². The van der Waals surface area contributed by atoms with Crippen molar-refractivity contribution >= 4 is 0 Å². The first kappa shape index (κ1) is 12.8. The fourth-order valence-corrected chi connectivity index (χ4v) is 1.68. The van der Waals surface area contributed by atoms with E-state index in [0.717, 1.165) is 11.4 Å². The summed E-state index contributed by atoms with van der Waals surface area (Å²) in [6.45, 7) is 8.30. The van der Waals surface area contributed by atoms with Gasteiger partial charge in [0, 0.05) is 5.41 Å². The molecule has 2 aromatic rings. The lowest BCUT2D eigenvalue weighted by atomic mass is 9.96. The van der Waals surface area contributed by atoms with E-state index >= 15 is 0 Å². The fraction of sp³-hybridized carbons (Fsp3) is 0.429. The van der Waals surface area contributed by atoms with E-state index in [9.17, 15) is 0 Å². The Labute approximate surface area is 108 Å². The van der Waals surface area contributed by atoms with E-state index in [-0.39, 0.29) is 11.5 Å². The van der Waals surface area contributed by atoms with Crippen LogP contribution in [0.2, 0.25) is 0 Å². The molecule has 0 spiro atoms. The van der Waals surface area contributed by atoms with Gasteiger partial charge in [-0.3, -0.25) is 5.10 Å². The van der Waals surface area contributed by atoms with Gasteiger partial charge in [-0.25, -0.2) is 4.98 Å². The van der Waals surface area contributed by atoms with Crippen molar-refractivity contribution in [3.05, 3.63) is 47.0 Å². The van der Waals surface area contributed by atoms with E-state index in [4.69, 9.17) is 5.73 Å². The Kier molecular flexibility index (Phi) is 3.22. The molecule has 0 saturated heterocycles. The third-order valence-corrected chi connectivity index (χ3v) is 2.90. The number of H-pyrrole nitrogens is 1. The number of hydrogen-bond donors (Lipinski definition) is 2. The second kappa shape index (κ2) is 4.53. The smallest absolute Gasteiger partial charge is 0.156 e. The Balaban J connectivity index is 2.26. The van der Waals surface area contributed by atoms with Crippen LogP contribution in [0.15, 0.2) is 24.3 Å². The number of benzene rings is 1. The molecule has 2 rings (SSSR count). The minimum Gasteiger partial charge on any atom is -0.318 e. The maximum absolute atomic E-state index is 6.19. The number of nitrogens with one attached hydrogen (secondary N) is 1. The highest BCUT2D eigenvalue weighted by Crippen LogP contribution is 2.21. The van der Waals surface area contributed by atoms with Crippen LogP contribution in [0.5, 0.6) is 0 Å². The number of aromatic nitrogens is 3. The maximum atomic E-state index is 6.19. The molecule has 0 aliphatic rings. The normalized spacial score (nSPS) is 13.6. The van der Waals surface area contributed by atoms with Crippen LogP contribution in [0.1, 0.15) is 49.6 Å². The molecule has 0 bridgehead atoms. The van der Waals surface area contributed by atoms with Crippen LogP contribution in [0.25, 0.3) is 0 Å². The summed E-state index contributed by atoms with van der Waals surface area (Å²) in [6.07, 6.45) is 0. The fourth-order valence-electron chi connectivity index (χ4n) is 1.68. The molecular formula is C14H20N4. The van der Waals surface area contributed by atoms with Crippen molar-refractivity contribution in [2.24, 2.45) is 5.73 Å². The molecule has 3 N–H and O–H groups in total. The topological polar surface area (TPSA) is 67.6 Å². The number of hydrogen-bond acceptors (Lipinski definition) is 3. The summed E-state index contributed by atoms with van der Waals surface area (Å²) in [5.41, 5.74) is 8.38. The van der Waals surface area contributed by atoms with Crippen LogP contribution >= 0.6 is 0 Å². The van der Waals surface area contributed by atoms with Gasteiger partial charge in [-0.05, 0) is 12.5 Å². The molecule has 0 fully saturated rings. The zero-order valence-corrected chi connectivity index (χ0v) is 11.4. The van der Waals surface area contributed by atoms with Crippen molar-refractivity contribution < 1.29 is 0 Å². The Morgan fingerprint density at radius 2 is 1.78 bits per heavy atom. The maximum Gasteiger partial charge on any atom is 0.156 e. The van der Waals surface area contributed by atoms with Crippen LogP contribution < -0.4 is 5.73 Å². The first-order chi connectivity index (χ1) is 8.38. The van der Waals surface area contributed by atoms with Crippen molar-refractivity contribution in [1.29, 1.82) is 0 Å². The number of aromatic amines is 1. The molecule has 0 amide bonds. The first-order valence-electron chi connectivity index (χ1n) is 6.13. The molecule has 0 aliphatic carbocycles. The van der Waals surface area contributed by atoms with Crippen LogP contribution in [-0.2, 0) is 5.41 Å². The van der Waals surface area contributed by atoms with Crippen LogP contribution in [0, 0.1) is 6.92 Å². The molecule has 1 atom stereocenters. The Morgan fingerprint density at radius 1 is 1.17 bits per heavy atom. The second-order valence-corrected chi connectivity index (χ2v) is 5.68. The summed E-state index contributed by atoms with van der Waals surface area (Å²) in [5.74, 6) is 1.50. The van der Waals surface area contributed by atoms with Gasteiger partial charge in [0.2, 0.25) is 0 Å². The van der Waals surface area contributed by atoms with Crippen LogP contribution in [0.4, 0.5) is 0 Å². The molecule has 0 saturated carbocycles. The highest BCUT2D eigenvalue weighted by Gasteiger charge is 2.21. The lowest BCUT2D eigenvalue weighted by Crippen LogP contribution is -2.16. The molecule has 1 heterocycles. The molecule has 4 heteroatoms. The minimum atomic E-state index is -0.255. The van der Waals surface area contributed by atoms with Gasteiger partial charge in [0.25, 0.3) is 0 Å². The molecule has 4 nitrogen and oxygen atoms in total. The zero-order chi connectivity index (χ0) is 13.3. The molecular weight excluding hydrogens is 224 g/mol. The second-order valence-electron chi connectivity index (χ2n) is 5.68. The lowest BCUT2D eigenvalue weighted by molar-refractivity contribution is 0.547. The molecule has 96 valence electrons. The average Bonchev–Trinajstić information content (AvgIpc) is 2.78. The van der Waals surface area contributed by atoms with Gasteiger partial charge in [-0.1, -0.05) is 50.6 Å². The van der Waals surface area contributed by atoms with Gasteiger partial charge in [-0.15, -0.1) is 0 Å². The predicted molar refractivity (Wildman–Crippen MR) is 72.3 cm³/mol. The number of nitrogens with two attached hydrogens (primary N) is 1. The van der Waals surface area contributed by atoms with Crippen molar-refractivity contribution in [3.8, 4) is 0 Å². The average molecular weight is 244 g/mol. The number of rotatable bonds is 2. The van der Waals surface area contributed by atoms with Crippen molar-refractivity contribution in [2.75, 3.05) is 0 Å². The summed E-state index contributed by atoms with van der Waals surface area (Å²) < 4.78 is 0. The van der Waals surface area contributed by atoms with Gasteiger partial charge in [0.15, 0.2) is 5.82 Å². The highest BCUT2D eigenvalue weighted by molar-refractivity contribution is 5.27. The summed E-state index contributed by atoms with van der Waals surface area (Å²) in [7, 11) is 0. The third-order valence-electron chi connectivity index (χ3n) is 2.90. The molecule has 0 unspecified atom stereocenters. The predicted octanol–water partition coefficient (Wildman–Crippen LogP) is 2.46. The van der Waals surface area contributed by atoms with E-state index in [2.05, 4.69) is 55.0 Å². The third kappa shape index (κ3) is 2.59. The van der Waals surface area contributed by atoms with Gasteiger partial charge < -0.3 is 5.73 Å². The summed E-state index contributed by atoms with van der Waals surface area (Å²) in [6, 6.07) is 7.90. The first-order valence-corrected chi connectivity index (χ1v) is 6.13. The molecule has 1 aromatic carbocycles. The van der Waals surface area contributed by atoms with Gasteiger partial charge >= 0.3 is 0 Å². The van der Waals surface area contributed by atoms with Crippen LogP contribution in [-0.4, -0.2) is 15.2 Å². The minimum absolute atomic E-state index is 0.0677. The standard InChI is InChI=1S/C14H20N4/c1-9-5-7-10(8-6-9)11(15)12-16-13(18-17-12)14(2,3)4/h5-8,11H,15H2,1-4H3,(H,16,17,18)/t11-/m0/s1. The summed E-state index contributed by atoms with van der Waals surface area (Å²) >= 11 is 0. The van der Waals surface area contributed by atoms with Gasteiger partial charge in [0.1, 0.15) is 5.82 Å². The van der Waals surface area contributed by atoms with Crippen LogP contribution in [0.3, 0.4) is 0 Å². The zero-order valence-electron chi connectivity index (χ0n) is 11.4. The molecule has 1 aromatic heterocycles. The number of aryl methyl sites for hydroxylation is 1. The molecule has 0 aliphatic heterocycles. The van der Waals surface area contributed by atoms with E-state index in [1.54, 1.807) is 0 Å². The molecule has 0 radical (unpaired) electrons. The largest absolute Gasteiger partial charge is 0.318 e. The Bertz CT molecular complexity index is 519. The van der Waals surface area contributed by atoms with E-state index in [1.165, 1.54) is 5.56 Å². The Morgan fingerprint density at radius 3 is 2.28 bits per heavy atom. The van der Waals surface area contributed by atoms with E-state index in [1.807, 2.05) is 12.1 Å². The van der Waals surface area contributed by atoms with Crippen molar-refractivity contribution in [2.45, 2.75) is 39.2 Å². The van der Waals surface area contributed by atoms with Crippen molar-refractivity contribution in [3.63, 3.8) is 0 Å². The lowest BCUT2D eigenvalue weighted by Gasteiger charge is -2.12. The highest BCUT2D eigenvalue weighted by atomic mass is 15.2. The summed E-state index contributed by atoms with van der Waals surface area (Å²) in [4.78, 5) is 4.49. The van der Waals surface area contributed by atoms with Gasteiger partial charge in [-0.2, -0.15) is 5.10 Å². The SMILES string of the molecule is Cc1ccc([C@H](N)c2nc(C(C)(C)C)n[nH]2)cc1. The number of nitrogens with zero attached hydrogens (tertiary/aromatic N) is 2. The van der Waals surface area contributed by atoms with E-state index < -0.39 is 0 Å². The monoisotopic (exact) mass is 244 g/mol. The Hall–Kier alpha value is -1.68.